The molecular formula is C32H55N3O8S. The maximum atomic E-state index is 13.7. The van der Waals surface area contributed by atoms with Crippen molar-refractivity contribution >= 4 is 28.0 Å². The molecule has 0 saturated heterocycles. The average Bonchev–Trinajstić information content (AvgIpc) is 2.76. The highest BCUT2D eigenvalue weighted by atomic mass is 32.2. The van der Waals surface area contributed by atoms with Gasteiger partial charge in [-0.2, -0.15) is 0 Å². The summed E-state index contributed by atoms with van der Waals surface area (Å²) in [6.45, 7) is 22.0. The SMILES string of the molecule is Cc1cc(C)c(S(=O)(=O)N[C@H](CC(C)C)[C@@H](O)CN(C(=O)OC(C)(C)C)[C@@H](CC(=O)OC(C)(C)C)C(=O)NC(C)C)c(C)c1. The zero-order valence-corrected chi connectivity index (χ0v) is 29.6. The van der Waals surface area contributed by atoms with Gasteiger partial charge >= 0.3 is 12.1 Å². The number of nitrogens with zero attached hydrogens (tertiary/aromatic N) is 1. The molecule has 0 unspecified atom stereocenters. The number of hydrogen-bond donors (Lipinski definition) is 3. The van der Waals surface area contributed by atoms with E-state index in [0.29, 0.717) is 11.1 Å². The lowest BCUT2D eigenvalue weighted by Gasteiger charge is -2.36. The third kappa shape index (κ3) is 13.1. The highest BCUT2D eigenvalue weighted by Crippen LogP contribution is 2.24. The van der Waals surface area contributed by atoms with E-state index in [9.17, 15) is 27.9 Å². The zero-order valence-electron chi connectivity index (χ0n) is 28.8. The Morgan fingerprint density at radius 2 is 1.41 bits per heavy atom. The Kier molecular flexibility index (Phi) is 13.9. The molecule has 0 aliphatic carbocycles. The van der Waals surface area contributed by atoms with E-state index in [1.807, 2.05) is 20.8 Å². The molecule has 0 aliphatic heterocycles. The van der Waals surface area contributed by atoms with Gasteiger partial charge in [0.25, 0.3) is 0 Å². The molecule has 1 aromatic rings. The molecule has 44 heavy (non-hydrogen) atoms. The van der Waals surface area contributed by atoms with E-state index in [1.54, 1.807) is 81.4 Å². The van der Waals surface area contributed by atoms with Crippen LogP contribution < -0.4 is 10.0 Å². The van der Waals surface area contributed by atoms with Crippen LogP contribution >= 0.6 is 0 Å². The van der Waals surface area contributed by atoms with Crippen LogP contribution in [-0.4, -0.2) is 78.4 Å². The Morgan fingerprint density at radius 1 is 0.909 bits per heavy atom. The van der Waals surface area contributed by atoms with Crippen molar-refractivity contribution in [2.45, 2.75) is 143 Å². The van der Waals surface area contributed by atoms with Crippen molar-refractivity contribution in [1.82, 2.24) is 14.9 Å². The number of nitrogens with one attached hydrogen (secondary N) is 2. The first kappa shape index (κ1) is 39.3. The minimum Gasteiger partial charge on any atom is -0.460 e. The van der Waals surface area contributed by atoms with Gasteiger partial charge in [-0.05, 0) is 99.6 Å². The van der Waals surface area contributed by atoms with E-state index in [2.05, 4.69) is 10.0 Å². The highest BCUT2D eigenvalue weighted by Gasteiger charge is 2.39. The van der Waals surface area contributed by atoms with Gasteiger partial charge in [0.15, 0.2) is 0 Å². The molecule has 0 bridgehead atoms. The number of benzene rings is 1. The number of rotatable bonds is 13. The fraction of sp³-hybridized carbons (Fsp3) is 0.719. The lowest BCUT2D eigenvalue weighted by atomic mass is 9.99. The highest BCUT2D eigenvalue weighted by molar-refractivity contribution is 7.89. The van der Waals surface area contributed by atoms with Gasteiger partial charge in [-0.25, -0.2) is 17.9 Å². The molecule has 0 heterocycles. The van der Waals surface area contributed by atoms with Crippen LogP contribution in [0, 0.1) is 26.7 Å². The van der Waals surface area contributed by atoms with E-state index >= 15 is 0 Å². The van der Waals surface area contributed by atoms with E-state index in [0.717, 1.165) is 10.5 Å². The summed E-state index contributed by atoms with van der Waals surface area (Å²) in [6.07, 6.45) is -2.70. The number of aryl methyl sites for hydroxylation is 3. The predicted molar refractivity (Wildman–Crippen MR) is 171 cm³/mol. The summed E-state index contributed by atoms with van der Waals surface area (Å²) in [5, 5.41) is 14.3. The third-order valence-corrected chi connectivity index (χ3v) is 8.07. The van der Waals surface area contributed by atoms with Gasteiger partial charge in [-0.3, -0.25) is 14.5 Å². The maximum Gasteiger partial charge on any atom is 0.411 e. The molecule has 0 radical (unpaired) electrons. The Hall–Kier alpha value is -2.70. The van der Waals surface area contributed by atoms with E-state index in [-0.39, 0.29) is 23.3 Å². The van der Waals surface area contributed by atoms with Crippen LogP contribution in [0.1, 0.15) is 98.8 Å². The van der Waals surface area contributed by atoms with Crippen LogP contribution in [-0.2, 0) is 29.1 Å². The Balaban J connectivity index is 3.61. The standard InChI is InChI=1S/C32H55N3O8S/c1-19(2)14-24(34-44(40,41)28-22(6)15-21(5)16-23(28)7)26(36)18-35(30(39)43-32(11,12)13)25(29(38)33-20(3)4)17-27(37)42-31(8,9)10/h15-16,19-20,24-26,34,36H,14,17-18H2,1-13H3,(H,33,38)/t24-,25+,26+/m1/s1. The van der Waals surface area contributed by atoms with Crippen molar-refractivity contribution in [2.24, 2.45) is 5.92 Å². The molecule has 3 atom stereocenters. The summed E-state index contributed by atoms with van der Waals surface area (Å²) in [6, 6.07) is 0.772. The van der Waals surface area contributed by atoms with Crippen molar-refractivity contribution in [1.29, 1.82) is 0 Å². The number of aliphatic hydroxyl groups is 1. The lowest BCUT2D eigenvalue weighted by molar-refractivity contribution is -0.158. The van der Waals surface area contributed by atoms with E-state index in [4.69, 9.17) is 9.47 Å². The first-order chi connectivity index (χ1) is 19.8. The van der Waals surface area contributed by atoms with Gasteiger partial charge in [0.2, 0.25) is 15.9 Å². The van der Waals surface area contributed by atoms with Gasteiger partial charge in [0.05, 0.1) is 24.0 Å². The molecule has 1 aromatic carbocycles. The monoisotopic (exact) mass is 641 g/mol. The first-order valence-corrected chi connectivity index (χ1v) is 16.6. The quantitative estimate of drug-likeness (QED) is 0.266. The smallest absolute Gasteiger partial charge is 0.411 e. The Labute approximate surface area is 264 Å². The number of ether oxygens (including phenoxy) is 2. The zero-order chi connectivity index (χ0) is 34.4. The second-order valence-corrected chi connectivity index (χ2v) is 15.9. The van der Waals surface area contributed by atoms with Gasteiger partial charge in [-0.1, -0.05) is 31.5 Å². The second-order valence-electron chi connectivity index (χ2n) is 14.3. The van der Waals surface area contributed by atoms with E-state index in [1.165, 1.54) is 0 Å². The molecule has 1 rings (SSSR count). The Bertz CT molecular complexity index is 1240. The number of carbonyl (C=O) groups is 3. The number of carbonyl (C=O) groups excluding carboxylic acids is 3. The molecule has 2 amide bonds. The topological polar surface area (TPSA) is 151 Å². The van der Waals surface area contributed by atoms with Crippen molar-refractivity contribution < 1.29 is 37.4 Å². The number of esters is 1. The molecule has 0 aromatic heterocycles. The van der Waals surface area contributed by atoms with Crippen molar-refractivity contribution in [2.75, 3.05) is 6.54 Å². The summed E-state index contributed by atoms with van der Waals surface area (Å²) in [5.74, 6) is -1.42. The molecular weight excluding hydrogens is 586 g/mol. The number of hydrogen-bond acceptors (Lipinski definition) is 8. The third-order valence-electron chi connectivity index (χ3n) is 6.27. The molecule has 252 valence electrons. The van der Waals surface area contributed by atoms with Crippen LogP contribution in [0.25, 0.3) is 0 Å². The summed E-state index contributed by atoms with van der Waals surface area (Å²) >= 11 is 0. The molecule has 11 nitrogen and oxygen atoms in total. The molecule has 0 saturated carbocycles. The van der Waals surface area contributed by atoms with Crippen molar-refractivity contribution in [3.05, 3.63) is 28.8 Å². The van der Waals surface area contributed by atoms with Crippen LogP contribution in [0.5, 0.6) is 0 Å². The van der Waals surface area contributed by atoms with E-state index < -0.39 is 70.3 Å². The molecule has 0 aliphatic rings. The Morgan fingerprint density at radius 3 is 1.84 bits per heavy atom. The maximum absolute atomic E-state index is 13.7. The van der Waals surface area contributed by atoms with Crippen LogP contribution in [0.2, 0.25) is 0 Å². The average molecular weight is 642 g/mol. The summed E-state index contributed by atoms with van der Waals surface area (Å²) in [7, 11) is -4.10. The van der Waals surface area contributed by atoms with Crippen LogP contribution in [0.15, 0.2) is 17.0 Å². The van der Waals surface area contributed by atoms with Gasteiger partial charge in [0, 0.05) is 12.1 Å². The second kappa shape index (κ2) is 15.5. The van der Waals surface area contributed by atoms with Gasteiger partial charge < -0.3 is 19.9 Å². The minimum atomic E-state index is -4.10. The van der Waals surface area contributed by atoms with Crippen molar-refractivity contribution in [3.8, 4) is 0 Å². The molecule has 3 N–H and O–H groups in total. The molecule has 0 spiro atoms. The fourth-order valence-corrected chi connectivity index (χ4v) is 6.62. The molecule has 12 heteroatoms. The summed E-state index contributed by atoms with van der Waals surface area (Å²) in [4.78, 5) is 41.1. The first-order valence-electron chi connectivity index (χ1n) is 15.1. The fourth-order valence-electron chi connectivity index (χ4n) is 4.88. The summed E-state index contributed by atoms with van der Waals surface area (Å²) in [5.41, 5.74) is 0.225. The number of amides is 2. The minimum absolute atomic E-state index is 0.0469. The summed E-state index contributed by atoms with van der Waals surface area (Å²) < 4.78 is 41.1. The van der Waals surface area contributed by atoms with Crippen LogP contribution in [0.4, 0.5) is 4.79 Å². The number of aliphatic hydroxyl groups excluding tert-OH is 1. The number of sulfonamides is 1. The lowest BCUT2D eigenvalue weighted by Crippen LogP contribution is -2.57. The normalized spacial score (nSPS) is 14.6. The molecule has 0 fully saturated rings. The van der Waals surface area contributed by atoms with Crippen LogP contribution in [0.3, 0.4) is 0 Å². The van der Waals surface area contributed by atoms with Crippen molar-refractivity contribution in [3.63, 3.8) is 0 Å². The predicted octanol–water partition coefficient (Wildman–Crippen LogP) is 4.53. The largest absolute Gasteiger partial charge is 0.460 e. The van der Waals surface area contributed by atoms with Gasteiger partial charge in [-0.15, -0.1) is 0 Å². The van der Waals surface area contributed by atoms with Gasteiger partial charge in [0.1, 0.15) is 17.2 Å².